The van der Waals surface area contributed by atoms with Gasteiger partial charge in [-0.3, -0.25) is 5.84 Å². The smallest absolute Gasteiger partial charge is 0.100 e. The Kier molecular flexibility index (Phi) is 2.11. The third-order valence-corrected chi connectivity index (χ3v) is 2.93. The number of nitrogens with zero attached hydrogens (tertiary/aromatic N) is 1. The van der Waals surface area contributed by atoms with Crippen LogP contribution >= 0.6 is 22.9 Å². The van der Waals surface area contributed by atoms with Crippen LogP contribution in [0.5, 0.6) is 0 Å². The maximum Gasteiger partial charge on any atom is 0.100 e. The summed E-state index contributed by atoms with van der Waals surface area (Å²) in [6, 6.07) is 3.70. The van der Waals surface area contributed by atoms with Crippen LogP contribution in [0.1, 0.15) is 5.01 Å². The fourth-order valence-electron chi connectivity index (χ4n) is 1.18. The molecule has 0 aliphatic rings. The van der Waals surface area contributed by atoms with Crippen molar-refractivity contribution in [3.8, 4) is 0 Å². The molecule has 1 aromatic heterocycles. The van der Waals surface area contributed by atoms with Crippen molar-refractivity contribution in [2.45, 2.75) is 6.92 Å². The van der Waals surface area contributed by atoms with E-state index >= 15 is 0 Å². The summed E-state index contributed by atoms with van der Waals surface area (Å²) in [5, 5.41) is 1.64. The average molecular weight is 214 g/mol. The lowest BCUT2D eigenvalue weighted by Crippen LogP contribution is -2.06. The number of thiazole rings is 1. The van der Waals surface area contributed by atoms with Crippen LogP contribution in [0.15, 0.2) is 12.1 Å². The number of aryl methyl sites for hydroxylation is 1. The first-order valence-electron chi connectivity index (χ1n) is 3.74. The fraction of sp³-hybridized carbons (Fsp3) is 0.125. The van der Waals surface area contributed by atoms with E-state index in [1.54, 1.807) is 17.4 Å². The Morgan fingerprint density at radius 1 is 1.54 bits per heavy atom. The molecule has 3 nitrogen and oxygen atoms in total. The maximum atomic E-state index is 6.00. The van der Waals surface area contributed by atoms with Gasteiger partial charge in [-0.25, -0.2) is 4.98 Å². The Balaban J connectivity index is 2.75. The van der Waals surface area contributed by atoms with Gasteiger partial charge < -0.3 is 5.43 Å². The van der Waals surface area contributed by atoms with Gasteiger partial charge in [0.15, 0.2) is 0 Å². The number of hydrogen-bond donors (Lipinski definition) is 2. The Labute approximate surface area is 84.5 Å². The molecule has 1 aromatic carbocycles. The Bertz CT molecular complexity index is 452. The lowest BCUT2D eigenvalue weighted by atomic mass is 10.3. The van der Waals surface area contributed by atoms with Gasteiger partial charge in [-0.1, -0.05) is 11.6 Å². The van der Waals surface area contributed by atoms with Crippen molar-refractivity contribution >= 4 is 38.8 Å². The van der Waals surface area contributed by atoms with Gasteiger partial charge in [-0.2, -0.15) is 0 Å². The van der Waals surface area contributed by atoms with Gasteiger partial charge in [0, 0.05) is 0 Å². The molecule has 0 fully saturated rings. The van der Waals surface area contributed by atoms with Gasteiger partial charge in [-0.05, 0) is 19.1 Å². The van der Waals surface area contributed by atoms with E-state index in [2.05, 4.69) is 10.4 Å². The van der Waals surface area contributed by atoms with E-state index in [9.17, 15) is 0 Å². The molecule has 0 amide bonds. The average Bonchev–Trinajstić information content (AvgIpc) is 2.46. The van der Waals surface area contributed by atoms with Crippen molar-refractivity contribution in [1.29, 1.82) is 0 Å². The molecule has 2 aromatic rings. The predicted molar refractivity (Wildman–Crippen MR) is 57.2 cm³/mol. The van der Waals surface area contributed by atoms with E-state index in [-0.39, 0.29) is 0 Å². The van der Waals surface area contributed by atoms with Gasteiger partial charge in [0.05, 0.1) is 20.4 Å². The largest absolute Gasteiger partial charge is 0.324 e. The minimum atomic E-state index is 0.634. The highest BCUT2D eigenvalue weighted by molar-refractivity contribution is 7.18. The van der Waals surface area contributed by atoms with Gasteiger partial charge in [0.1, 0.15) is 5.52 Å². The molecule has 0 spiro atoms. The monoisotopic (exact) mass is 213 g/mol. The minimum Gasteiger partial charge on any atom is -0.324 e. The van der Waals surface area contributed by atoms with Crippen molar-refractivity contribution in [3.05, 3.63) is 22.2 Å². The highest BCUT2D eigenvalue weighted by Gasteiger charge is 2.06. The maximum absolute atomic E-state index is 6.00. The molecule has 68 valence electrons. The third-order valence-electron chi connectivity index (χ3n) is 1.72. The zero-order valence-electron chi connectivity index (χ0n) is 6.97. The molecule has 2 rings (SSSR count). The van der Waals surface area contributed by atoms with Crippen molar-refractivity contribution < 1.29 is 0 Å². The quantitative estimate of drug-likeness (QED) is 0.566. The number of hydrogen-bond acceptors (Lipinski definition) is 4. The lowest BCUT2D eigenvalue weighted by Gasteiger charge is -1.99. The van der Waals surface area contributed by atoms with E-state index in [0.717, 1.165) is 20.9 Å². The molecule has 0 atom stereocenters. The molecule has 0 radical (unpaired) electrons. The first kappa shape index (κ1) is 8.74. The molecule has 0 bridgehead atoms. The number of halogens is 1. The number of nitrogens with one attached hydrogen (secondary N) is 1. The molecular formula is C8H8ClN3S. The molecule has 0 aliphatic heterocycles. The summed E-state index contributed by atoms with van der Waals surface area (Å²) in [7, 11) is 0. The van der Waals surface area contributed by atoms with Crippen LogP contribution in [0.4, 0.5) is 5.69 Å². The molecule has 0 unspecified atom stereocenters. The number of fused-ring (bicyclic) bond motifs is 1. The third kappa shape index (κ3) is 1.48. The van der Waals surface area contributed by atoms with Crippen LogP contribution in [0.2, 0.25) is 5.02 Å². The number of benzene rings is 1. The van der Waals surface area contributed by atoms with Gasteiger partial charge in [0.2, 0.25) is 0 Å². The second-order valence-corrected chi connectivity index (χ2v) is 4.32. The highest BCUT2D eigenvalue weighted by Crippen LogP contribution is 2.30. The van der Waals surface area contributed by atoms with E-state index in [1.807, 2.05) is 13.0 Å². The number of nitrogens with two attached hydrogens (primary N) is 1. The van der Waals surface area contributed by atoms with Gasteiger partial charge >= 0.3 is 0 Å². The Morgan fingerprint density at radius 3 is 3.00 bits per heavy atom. The summed E-state index contributed by atoms with van der Waals surface area (Å²) in [5.74, 6) is 5.29. The molecular weight excluding hydrogens is 206 g/mol. The zero-order valence-corrected chi connectivity index (χ0v) is 8.54. The SMILES string of the molecule is Cc1nc2c(Cl)cc(NN)cc2s1. The molecule has 1 heterocycles. The van der Waals surface area contributed by atoms with Crippen molar-refractivity contribution in [1.82, 2.24) is 4.98 Å². The first-order chi connectivity index (χ1) is 6.20. The standard InChI is InChI=1S/C8H8ClN3S/c1-4-11-8-6(9)2-5(12-10)3-7(8)13-4/h2-3,12H,10H2,1H3. The summed E-state index contributed by atoms with van der Waals surface area (Å²) in [6.45, 7) is 1.95. The zero-order chi connectivity index (χ0) is 9.42. The summed E-state index contributed by atoms with van der Waals surface area (Å²) < 4.78 is 1.05. The van der Waals surface area contributed by atoms with E-state index in [1.165, 1.54) is 0 Å². The summed E-state index contributed by atoms with van der Waals surface area (Å²) in [6.07, 6.45) is 0. The first-order valence-corrected chi connectivity index (χ1v) is 4.93. The summed E-state index contributed by atoms with van der Waals surface area (Å²) in [4.78, 5) is 4.31. The number of hydrazine groups is 1. The minimum absolute atomic E-state index is 0.634. The molecule has 0 saturated heterocycles. The predicted octanol–water partition coefficient (Wildman–Crippen LogP) is 2.54. The molecule has 5 heteroatoms. The second-order valence-electron chi connectivity index (χ2n) is 2.68. The van der Waals surface area contributed by atoms with Gasteiger partial charge in [0.25, 0.3) is 0 Å². The normalized spacial score (nSPS) is 10.7. The van der Waals surface area contributed by atoms with Crippen molar-refractivity contribution in [3.63, 3.8) is 0 Å². The van der Waals surface area contributed by atoms with Crippen LogP contribution in [-0.4, -0.2) is 4.98 Å². The number of anilines is 1. The van der Waals surface area contributed by atoms with Gasteiger partial charge in [-0.15, -0.1) is 11.3 Å². The van der Waals surface area contributed by atoms with Crippen LogP contribution in [0, 0.1) is 6.92 Å². The lowest BCUT2D eigenvalue weighted by molar-refractivity contribution is 1.34. The highest BCUT2D eigenvalue weighted by atomic mass is 35.5. The number of rotatable bonds is 1. The van der Waals surface area contributed by atoms with Crippen molar-refractivity contribution in [2.75, 3.05) is 5.43 Å². The van der Waals surface area contributed by atoms with Crippen LogP contribution in [0.25, 0.3) is 10.2 Å². The molecule has 0 saturated carbocycles. The van der Waals surface area contributed by atoms with Crippen LogP contribution < -0.4 is 11.3 Å². The molecule has 3 N–H and O–H groups in total. The second kappa shape index (κ2) is 3.14. The van der Waals surface area contributed by atoms with Crippen molar-refractivity contribution in [2.24, 2.45) is 5.84 Å². The fourth-order valence-corrected chi connectivity index (χ4v) is 2.39. The summed E-state index contributed by atoms with van der Waals surface area (Å²) >= 11 is 7.61. The summed E-state index contributed by atoms with van der Waals surface area (Å²) in [5.41, 5.74) is 4.22. The van der Waals surface area contributed by atoms with Crippen LogP contribution in [-0.2, 0) is 0 Å². The van der Waals surface area contributed by atoms with E-state index in [0.29, 0.717) is 5.02 Å². The van der Waals surface area contributed by atoms with Crippen LogP contribution in [0.3, 0.4) is 0 Å². The Morgan fingerprint density at radius 2 is 2.31 bits per heavy atom. The molecule has 13 heavy (non-hydrogen) atoms. The number of nitrogen functional groups attached to an aromatic ring is 1. The Hall–Kier alpha value is -0.840. The number of aromatic nitrogens is 1. The van der Waals surface area contributed by atoms with E-state index < -0.39 is 0 Å². The topological polar surface area (TPSA) is 50.9 Å². The van der Waals surface area contributed by atoms with E-state index in [4.69, 9.17) is 17.4 Å². The molecule has 0 aliphatic carbocycles.